The van der Waals surface area contributed by atoms with Gasteiger partial charge in [-0.1, -0.05) is 6.07 Å². The van der Waals surface area contributed by atoms with Gasteiger partial charge in [-0.2, -0.15) is 5.10 Å². The van der Waals surface area contributed by atoms with Crippen LogP contribution in [0, 0.1) is 6.92 Å². The first-order valence-corrected chi connectivity index (χ1v) is 9.92. The van der Waals surface area contributed by atoms with Crippen molar-refractivity contribution in [1.82, 2.24) is 24.4 Å². The fourth-order valence-corrected chi connectivity index (χ4v) is 3.48. The average molecular weight is 363 g/mol. The third-order valence-corrected chi connectivity index (χ3v) is 4.85. The minimum Gasteiger partial charge on any atom is -0.329 e. The van der Waals surface area contributed by atoms with E-state index in [2.05, 4.69) is 14.8 Å². The number of nitrogens with zero attached hydrogens (tertiary/aromatic N) is 4. The summed E-state index contributed by atoms with van der Waals surface area (Å²) in [7, 11) is -3.24. The van der Waals surface area contributed by atoms with Gasteiger partial charge in [-0.3, -0.25) is 9.48 Å². The molecule has 0 fully saturated rings. The second kappa shape index (κ2) is 6.93. The molecule has 1 aliphatic heterocycles. The summed E-state index contributed by atoms with van der Waals surface area (Å²) in [6.07, 6.45) is 3.38. The Hall–Kier alpha value is -2.26. The Bertz CT molecular complexity index is 877. The van der Waals surface area contributed by atoms with Gasteiger partial charge in [-0.05, 0) is 31.5 Å². The van der Waals surface area contributed by atoms with Gasteiger partial charge in [0.1, 0.15) is 5.69 Å². The van der Waals surface area contributed by atoms with E-state index in [0.717, 1.165) is 17.6 Å². The van der Waals surface area contributed by atoms with Crippen molar-refractivity contribution in [1.29, 1.82) is 0 Å². The average Bonchev–Trinajstić information content (AvgIpc) is 3.01. The molecule has 0 spiro atoms. The highest BCUT2D eigenvalue weighted by atomic mass is 32.2. The zero-order valence-corrected chi connectivity index (χ0v) is 15.0. The van der Waals surface area contributed by atoms with E-state index in [1.54, 1.807) is 17.2 Å². The zero-order chi connectivity index (χ0) is 18.0. The van der Waals surface area contributed by atoms with E-state index >= 15 is 0 Å². The summed E-state index contributed by atoms with van der Waals surface area (Å²) in [5.74, 6) is -0.128. The summed E-state index contributed by atoms with van der Waals surface area (Å²) < 4.78 is 26.9. The van der Waals surface area contributed by atoms with Gasteiger partial charge in [0, 0.05) is 25.0 Å². The SMILES string of the molecule is Cc1cccc(C(=O)N2Cc3ccnn3[C@@H](CCNS(C)(=O)=O)C2)n1. The van der Waals surface area contributed by atoms with E-state index < -0.39 is 10.0 Å². The molecule has 8 nitrogen and oxygen atoms in total. The number of rotatable bonds is 5. The molecule has 134 valence electrons. The number of amides is 1. The molecule has 0 saturated heterocycles. The van der Waals surface area contributed by atoms with Crippen LogP contribution >= 0.6 is 0 Å². The Morgan fingerprint density at radius 2 is 2.16 bits per heavy atom. The van der Waals surface area contributed by atoms with Crippen LogP contribution in [0.3, 0.4) is 0 Å². The summed E-state index contributed by atoms with van der Waals surface area (Å²) in [6, 6.07) is 7.17. The maximum Gasteiger partial charge on any atom is 0.272 e. The van der Waals surface area contributed by atoms with E-state index in [1.165, 1.54) is 0 Å². The number of hydrogen-bond donors (Lipinski definition) is 1. The van der Waals surface area contributed by atoms with Crippen molar-refractivity contribution in [2.45, 2.75) is 25.9 Å². The number of sulfonamides is 1. The van der Waals surface area contributed by atoms with Crippen molar-refractivity contribution in [3.8, 4) is 0 Å². The molecule has 0 aliphatic carbocycles. The molecule has 0 aromatic carbocycles. The van der Waals surface area contributed by atoms with E-state index in [0.29, 0.717) is 31.7 Å². The highest BCUT2D eigenvalue weighted by Crippen LogP contribution is 2.24. The first-order chi connectivity index (χ1) is 11.8. The highest BCUT2D eigenvalue weighted by Gasteiger charge is 2.29. The standard InChI is InChI=1S/C16H21N5O3S/c1-12-4-3-5-15(19-12)16(22)20-10-13-6-8-17-21(13)14(11-20)7-9-18-25(2,23)24/h3-6,8,14,18H,7,9-11H2,1-2H3/t14-/m0/s1. The third kappa shape index (κ3) is 4.23. The summed E-state index contributed by atoms with van der Waals surface area (Å²) in [5, 5.41) is 4.32. The largest absolute Gasteiger partial charge is 0.329 e. The van der Waals surface area contributed by atoms with Crippen LogP contribution in [0.25, 0.3) is 0 Å². The molecular weight excluding hydrogens is 342 g/mol. The summed E-state index contributed by atoms with van der Waals surface area (Å²) in [4.78, 5) is 18.8. The molecule has 1 N–H and O–H groups in total. The molecule has 0 radical (unpaired) electrons. The molecule has 2 aromatic heterocycles. The van der Waals surface area contributed by atoms with Crippen LogP contribution in [0.4, 0.5) is 0 Å². The Kier molecular flexibility index (Phi) is 4.87. The number of fused-ring (bicyclic) bond motifs is 1. The van der Waals surface area contributed by atoms with Crippen LogP contribution in [0.15, 0.2) is 30.5 Å². The number of aromatic nitrogens is 3. The molecule has 25 heavy (non-hydrogen) atoms. The molecule has 3 heterocycles. The highest BCUT2D eigenvalue weighted by molar-refractivity contribution is 7.88. The van der Waals surface area contributed by atoms with E-state index in [4.69, 9.17) is 0 Å². The van der Waals surface area contributed by atoms with Crippen LogP contribution < -0.4 is 4.72 Å². The number of nitrogens with one attached hydrogen (secondary N) is 1. The summed E-state index contributed by atoms with van der Waals surface area (Å²) in [6.45, 7) is 3.08. The Morgan fingerprint density at radius 3 is 2.88 bits per heavy atom. The lowest BCUT2D eigenvalue weighted by atomic mass is 10.1. The van der Waals surface area contributed by atoms with Crippen LogP contribution in [0.5, 0.6) is 0 Å². The second-order valence-electron chi connectivity index (χ2n) is 6.23. The Morgan fingerprint density at radius 1 is 1.36 bits per heavy atom. The molecule has 1 atom stereocenters. The van der Waals surface area contributed by atoms with E-state index in [1.807, 2.05) is 29.8 Å². The third-order valence-electron chi connectivity index (χ3n) is 4.12. The molecule has 9 heteroatoms. The van der Waals surface area contributed by atoms with Crippen molar-refractivity contribution in [3.05, 3.63) is 47.5 Å². The number of pyridine rings is 1. The monoisotopic (exact) mass is 363 g/mol. The number of hydrogen-bond acceptors (Lipinski definition) is 5. The second-order valence-corrected chi connectivity index (χ2v) is 8.06. The normalized spacial score (nSPS) is 17.4. The topological polar surface area (TPSA) is 97.2 Å². The van der Waals surface area contributed by atoms with Gasteiger partial charge in [-0.25, -0.2) is 18.1 Å². The van der Waals surface area contributed by atoms with E-state index in [9.17, 15) is 13.2 Å². The van der Waals surface area contributed by atoms with Gasteiger partial charge < -0.3 is 4.90 Å². The van der Waals surface area contributed by atoms with Crippen LogP contribution in [0.2, 0.25) is 0 Å². The molecule has 1 aliphatic rings. The molecule has 2 aromatic rings. The maximum absolute atomic E-state index is 12.8. The molecule has 0 saturated carbocycles. The van der Waals surface area contributed by atoms with E-state index in [-0.39, 0.29) is 11.9 Å². The van der Waals surface area contributed by atoms with Crippen molar-refractivity contribution < 1.29 is 13.2 Å². The molecule has 0 bridgehead atoms. The molecule has 1 amide bonds. The first-order valence-electron chi connectivity index (χ1n) is 8.03. The van der Waals surface area contributed by atoms with Crippen LogP contribution in [0.1, 0.15) is 34.3 Å². The van der Waals surface area contributed by atoms with Crippen molar-refractivity contribution >= 4 is 15.9 Å². The van der Waals surface area contributed by atoms with Gasteiger partial charge in [0.25, 0.3) is 5.91 Å². The smallest absolute Gasteiger partial charge is 0.272 e. The Labute approximate surface area is 146 Å². The van der Waals surface area contributed by atoms with Crippen LogP contribution in [-0.4, -0.2) is 53.3 Å². The maximum atomic E-state index is 12.8. The summed E-state index contributed by atoms with van der Waals surface area (Å²) in [5.41, 5.74) is 2.14. The van der Waals surface area contributed by atoms with Crippen LogP contribution in [-0.2, 0) is 16.6 Å². The van der Waals surface area contributed by atoms with Gasteiger partial charge >= 0.3 is 0 Å². The minimum atomic E-state index is -3.24. The predicted molar refractivity (Wildman–Crippen MR) is 92.4 cm³/mol. The van der Waals surface area contributed by atoms with Gasteiger partial charge in [-0.15, -0.1) is 0 Å². The van der Waals surface area contributed by atoms with Gasteiger partial charge in [0.2, 0.25) is 10.0 Å². The molecule has 0 unspecified atom stereocenters. The summed E-state index contributed by atoms with van der Waals surface area (Å²) >= 11 is 0. The molecule has 3 rings (SSSR count). The minimum absolute atomic E-state index is 0.0817. The first kappa shape index (κ1) is 17.6. The van der Waals surface area contributed by atoms with Crippen molar-refractivity contribution in [2.24, 2.45) is 0 Å². The Balaban J connectivity index is 1.76. The number of carbonyl (C=O) groups is 1. The lowest BCUT2D eigenvalue weighted by molar-refractivity contribution is 0.0658. The lowest BCUT2D eigenvalue weighted by Crippen LogP contribution is -2.42. The number of aryl methyl sites for hydroxylation is 1. The quantitative estimate of drug-likeness (QED) is 0.844. The predicted octanol–water partition coefficient (Wildman–Crippen LogP) is 0.723. The molecular formula is C16H21N5O3S. The number of carbonyl (C=O) groups excluding carboxylic acids is 1. The zero-order valence-electron chi connectivity index (χ0n) is 14.2. The fourth-order valence-electron chi connectivity index (χ4n) is 2.99. The fraction of sp³-hybridized carbons (Fsp3) is 0.438. The lowest BCUT2D eigenvalue weighted by Gasteiger charge is -2.33. The van der Waals surface area contributed by atoms with Crippen molar-refractivity contribution in [2.75, 3.05) is 19.3 Å². The van der Waals surface area contributed by atoms with Crippen molar-refractivity contribution in [3.63, 3.8) is 0 Å². The van der Waals surface area contributed by atoms with Gasteiger partial charge in [0.15, 0.2) is 0 Å². The van der Waals surface area contributed by atoms with Gasteiger partial charge in [0.05, 0.1) is 24.5 Å².